The molecule has 1 unspecified atom stereocenters. The lowest BCUT2D eigenvalue weighted by molar-refractivity contribution is 0.641. The van der Waals surface area contributed by atoms with E-state index in [2.05, 4.69) is 27.9 Å². The Balaban J connectivity index is 2.29. The Morgan fingerprint density at radius 3 is 2.94 bits per heavy atom. The van der Waals surface area contributed by atoms with Crippen molar-refractivity contribution in [1.82, 2.24) is 9.97 Å². The van der Waals surface area contributed by atoms with Crippen molar-refractivity contribution in [2.45, 2.75) is 45.1 Å². The summed E-state index contributed by atoms with van der Waals surface area (Å²) in [5.41, 5.74) is 2.48. The number of nitrogens with zero attached hydrogens (tertiary/aromatic N) is 4. The van der Waals surface area contributed by atoms with Crippen molar-refractivity contribution in [3.05, 3.63) is 17.6 Å². The van der Waals surface area contributed by atoms with E-state index in [0.717, 1.165) is 18.7 Å². The van der Waals surface area contributed by atoms with E-state index in [1.807, 2.05) is 7.05 Å². The van der Waals surface area contributed by atoms with Crippen molar-refractivity contribution in [2.24, 2.45) is 0 Å². The Labute approximate surface area is 102 Å². The minimum atomic E-state index is 0.195. The molecule has 90 valence electrons. The van der Waals surface area contributed by atoms with Crippen LogP contribution in [0, 0.1) is 11.3 Å². The van der Waals surface area contributed by atoms with Gasteiger partial charge in [0.15, 0.2) is 0 Å². The van der Waals surface area contributed by atoms with Gasteiger partial charge in [0.25, 0.3) is 0 Å². The van der Waals surface area contributed by atoms with Crippen LogP contribution in [0.3, 0.4) is 0 Å². The molecule has 0 aliphatic heterocycles. The van der Waals surface area contributed by atoms with Gasteiger partial charge < -0.3 is 4.90 Å². The highest BCUT2D eigenvalue weighted by Crippen LogP contribution is 2.27. The van der Waals surface area contributed by atoms with Gasteiger partial charge in [0.2, 0.25) is 0 Å². The minimum Gasteiger partial charge on any atom is -0.356 e. The van der Waals surface area contributed by atoms with Crippen molar-refractivity contribution >= 4 is 5.82 Å². The maximum Gasteiger partial charge on any atom is 0.135 e. The smallest absolute Gasteiger partial charge is 0.135 e. The molecule has 0 fully saturated rings. The zero-order chi connectivity index (χ0) is 12.3. The van der Waals surface area contributed by atoms with E-state index in [-0.39, 0.29) is 6.04 Å². The first-order valence-electron chi connectivity index (χ1n) is 6.16. The summed E-state index contributed by atoms with van der Waals surface area (Å²) in [5, 5.41) is 8.76. The first-order chi connectivity index (χ1) is 8.24. The van der Waals surface area contributed by atoms with Gasteiger partial charge in [-0.3, -0.25) is 0 Å². The number of fused-ring (bicyclic) bond motifs is 1. The van der Waals surface area contributed by atoms with Gasteiger partial charge in [-0.05, 0) is 32.6 Å². The Morgan fingerprint density at radius 2 is 2.18 bits per heavy atom. The van der Waals surface area contributed by atoms with Crippen LogP contribution in [-0.2, 0) is 12.8 Å². The highest BCUT2D eigenvalue weighted by Gasteiger charge is 2.20. The van der Waals surface area contributed by atoms with Crippen LogP contribution in [0.5, 0.6) is 0 Å². The summed E-state index contributed by atoms with van der Waals surface area (Å²) in [6.07, 6.45) is 6.74. The SMILES string of the molecule is CC(CC#N)N(C)c1ncnc2c1CCCC2. The van der Waals surface area contributed by atoms with Crippen LogP contribution in [0.25, 0.3) is 0 Å². The van der Waals surface area contributed by atoms with E-state index in [9.17, 15) is 0 Å². The Morgan fingerprint density at radius 1 is 1.41 bits per heavy atom. The van der Waals surface area contributed by atoms with E-state index >= 15 is 0 Å². The molecule has 0 aromatic carbocycles. The fourth-order valence-corrected chi connectivity index (χ4v) is 2.29. The van der Waals surface area contributed by atoms with Crippen molar-refractivity contribution in [3.8, 4) is 6.07 Å². The van der Waals surface area contributed by atoms with Gasteiger partial charge in [-0.15, -0.1) is 0 Å². The van der Waals surface area contributed by atoms with Crippen LogP contribution < -0.4 is 4.90 Å². The number of aromatic nitrogens is 2. The van der Waals surface area contributed by atoms with Crippen molar-refractivity contribution < 1.29 is 0 Å². The fraction of sp³-hybridized carbons (Fsp3) is 0.615. The number of aryl methyl sites for hydroxylation is 1. The molecule has 0 bridgehead atoms. The predicted octanol–water partition coefficient (Wildman–Crippen LogP) is 2.09. The van der Waals surface area contributed by atoms with Crippen LogP contribution >= 0.6 is 0 Å². The molecule has 1 atom stereocenters. The van der Waals surface area contributed by atoms with E-state index in [4.69, 9.17) is 5.26 Å². The molecule has 4 heteroatoms. The van der Waals surface area contributed by atoms with Crippen LogP contribution in [0.15, 0.2) is 6.33 Å². The van der Waals surface area contributed by atoms with E-state index in [1.165, 1.54) is 24.1 Å². The summed E-state index contributed by atoms with van der Waals surface area (Å²) in [7, 11) is 2.01. The molecule has 0 saturated heterocycles. The zero-order valence-electron chi connectivity index (χ0n) is 10.5. The summed E-state index contributed by atoms with van der Waals surface area (Å²) in [4.78, 5) is 10.9. The maximum atomic E-state index is 8.76. The molecule has 0 radical (unpaired) electrons. The highest BCUT2D eigenvalue weighted by atomic mass is 15.2. The second-order valence-corrected chi connectivity index (χ2v) is 4.65. The van der Waals surface area contributed by atoms with Gasteiger partial charge >= 0.3 is 0 Å². The fourth-order valence-electron chi connectivity index (χ4n) is 2.29. The molecule has 0 amide bonds. The first kappa shape index (κ1) is 11.8. The lowest BCUT2D eigenvalue weighted by Gasteiger charge is -2.28. The Hall–Kier alpha value is -1.63. The summed E-state index contributed by atoms with van der Waals surface area (Å²) in [6, 6.07) is 2.41. The molecule has 1 aromatic heterocycles. The van der Waals surface area contributed by atoms with E-state index in [1.54, 1.807) is 6.33 Å². The summed E-state index contributed by atoms with van der Waals surface area (Å²) < 4.78 is 0. The molecule has 1 aliphatic carbocycles. The molecule has 0 saturated carbocycles. The molecule has 0 N–H and O–H groups in total. The largest absolute Gasteiger partial charge is 0.356 e. The van der Waals surface area contributed by atoms with Crippen LogP contribution in [0.2, 0.25) is 0 Å². The quantitative estimate of drug-likeness (QED) is 0.798. The molecule has 1 heterocycles. The highest BCUT2D eigenvalue weighted by molar-refractivity contribution is 5.49. The molecule has 2 rings (SSSR count). The maximum absolute atomic E-state index is 8.76. The molecule has 1 aromatic rings. The molecule has 1 aliphatic rings. The summed E-state index contributed by atoms with van der Waals surface area (Å²) in [6.45, 7) is 2.06. The van der Waals surface area contributed by atoms with Crippen LogP contribution in [-0.4, -0.2) is 23.1 Å². The zero-order valence-corrected chi connectivity index (χ0v) is 10.5. The van der Waals surface area contributed by atoms with Crippen LogP contribution in [0.4, 0.5) is 5.82 Å². The molecular formula is C13H18N4. The monoisotopic (exact) mass is 230 g/mol. The number of rotatable bonds is 3. The van der Waals surface area contributed by atoms with Gasteiger partial charge in [-0.25, -0.2) is 9.97 Å². The van der Waals surface area contributed by atoms with E-state index < -0.39 is 0 Å². The minimum absolute atomic E-state index is 0.195. The first-order valence-corrected chi connectivity index (χ1v) is 6.16. The normalized spacial score (nSPS) is 15.8. The van der Waals surface area contributed by atoms with Gasteiger partial charge in [-0.2, -0.15) is 5.26 Å². The second kappa shape index (κ2) is 5.13. The number of nitriles is 1. The average Bonchev–Trinajstić information content (AvgIpc) is 2.37. The van der Waals surface area contributed by atoms with E-state index in [0.29, 0.717) is 6.42 Å². The lowest BCUT2D eigenvalue weighted by atomic mass is 9.96. The third-order valence-corrected chi connectivity index (χ3v) is 3.48. The summed E-state index contributed by atoms with van der Waals surface area (Å²) >= 11 is 0. The van der Waals surface area contributed by atoms with Crippen molar-refractivity contribution in [1.29, 1.82) is 5.26 Å². The Kier molecular flexibility index (Phi) is 3.58. The molecular weight excluding hydrogens is 212 g/mol. The Bertz CT molecular complexity index is 436. The van der Waals surface area contributed by atoms with Crippen molar-refractivity contribution in [2.75, 3.05) is 11.9 Å². The van der Waals surface area contributed by atoms with Gasteiger partial charge in [0.1, 0.15) is 12.1 Å². The van der Waals surface area contributed by atoms with Crippen LogP contribution in [0.1, 0.15) is 37.4 Å². The second-order valence-electron chi connectivity index (χ2n) is 4.65. The van der Waals surface area contributed by atoms with Crippen molar-refractivity contribution in [3.63, 3.8) is 0 Å². The standard InChI is InChI=1S/C13H18N4/c1-10(7-8-14)17(2)13-11-5-3-4-6-12(11)15-9-16-13/h9-10H,3-7H2,1-2H3. The van der Waals surface area contributed by atoms with Gasteiger partial charge in [0.05, 0.1) is 12.5 Å². The third kappa shape index (κ3) is 2.38. The molecule has 4 nitrogen and oxygen atoms in total. The van der Waals surface area contributed by atoms with Gasteiger partial charge in [0, 0.05) is 24.3 Å². The number of anilines is 1. The number of hydrogen-bond donors (Lipinski definition) is 0. The topological polar surface area (TPSA) is 52.8 Å². The third-order valence-electron chi connectivity index (χ3n) is 3.48. The summed E-state index contributed by atoms with van der Waals surface area (Å²) in [5.74, 6) is 1.01. The molecule has 17 heavy (non-hydrogen) atoms. The predicted molar refractivity (Wildman–Crippen MR) is 66.8 cm³/mol. The van der Waals surface area contributed by atoms with Gasteiger partial charge in [-0.1, -0.05) is 0 Å². The molecule has 0 spiro atoms. The average molecular weight is 230 g/mol. The lowest BCUT2D eigenvalue weighted by Crippen LogP contribution is -2.31. The number of hydrogen-bond acceptors (Lipinski definition) is 4.